The van der Waals surface area contributed by atoms with Crippen LogP contribution in [0.25, 0.3) is 0 Å². The van der Waals surface area contributed by atoms with Crippen LogP contribution in [-0.2, 0) is 0 Å². The molecule has 0 saturated carbocycles. The Morgan fingerprint density at radius 2 is 1.55 bits per heavy atom. The Labute approximate surface area is 137 Å². The Balaban J connectivity index is 2.91. The summed E-state index contributed by atoms with van der Waals surface area (Å²) in [4.78, 5) is 0. The van der Waals surface area contributed by atoms with Crippen LogP contribution in [0.15, 0.2) is 47.1 Å². The van der Waals surface area contributed by atoms with Gasteiger partial charge in [0.1, 0.15) is 0 Å². The zero-order valence-corrected chi connectivity index (χ0v) is 15.7. The fourth-order valence-corrected chi connectivity index (χ4v) is 2.57. The predicted molar refractivity (Wildman–Crippen MR) is 101 cm³/mol. The van der Waals surface area contributed by atoms with Crippen molar-refractivity contribution < 1.29 is 0 Å². The van der Waals surface area contributed by atoms with E-state index in [9.17, 15) is 0 Å². The lowest BCUT2D eigenvalue weighted by Crippen LogP contribution is -1.99. The Morgan fingerprint density at radius 1 is 1.05 bits per heavy atom. The molecule has 1 aromatic carbocycles. The molecular formula is C22H32. The molecule has 0 amide bonds. The van der Waals surface area contributed by atoms with Gasteiger partial charge in [-0.2, -0.15) is 0 Å². The molecule has 0 heterocycles. The molecular weight excluding hydrogens is 264 g/mol. The van der Waals surface area contributed by atoms with Crippen LogP contribution in [0.1, 0.15) is 69.2 Å². The first-order valence-electron chi connectivity index (χ1n) is 8.21. The van der Waals surface area contributed by atoms with Gasteiger partial charge in [0, 0.05) is 0 Å². The van der Waals surface area contributed by atoms with Crippen molar-refractivity contribution in [2.45, 2.75) is 67.7 Å². The fourth-order valence-electron chi connectivity index (χ4n) is 2.57. The van der Waals surface area contributed by atoms with Crippen molar-refractivity contribution in [2.24, 2.45) is 0 Å². The molecule has 0 aliphatic heterocycles. The monoisotopic (exact) mass is 296 g/mol. The van der Waals surface area contributed by atoms with E-state index in [1.54, 1.807) is 0 Å². The maximum atomic E-state index is 4.30. The van der Waals surface area contributed by atoms with E-state index in [0.717, 1.165) is 6.42 Å². The summed E-state index contributed by atoms with van der Waals surface area (Å²) in [7, 11) is 0. The van der Waals surface area contributed by atoms with Gasteiger partial charge in [0.05, 0.1) is 0 Å². The van der Waals surface area contributed by atoms with Gasteiger partial charge in [0.15, 0.2) is 0 Å². The maximum Gasteiger partial charge on any atom is -0.0150 e. The van der Waals surface area contributed by atoms with Crippen LogP contribution in [0.4, 0.5) is 0 Å². The van der Waals surface area contributed by atoms with Gasteiger partial charge in [-0.3, -0.25) is 0 Å². The van der Waals surface area contributed by atoms with Gasteiger partial charge in [-0.05, 0) is 88.6 Å². The van der Waals surface area contributed by atoms with E-state index >= 15 is 0 Å². The molecule has 0 spiro atoms. The molecule has 0 aliphatic carbocycles. The van der Waals surface area contributed by atoms with Gasteiger partial charge in [-0.25, -0.2) is 0 Å². The predicted octanol–water partition coefficient (Wildman–Crippen LogP) is 6.96. The second-order valence-corrected chi connectivity index (χ2v) is 7.00. The van der Waals surface area contributed by atoms with Gasteiger partial charge in [-0.1, -0.05) is 48.4 Å². The first kappa shape index (κ1) is 18.5. The van der Waals surface area contributed by atoms with Crippen LogP contribution >= 0.6 is 0 Å². The second-order valence-electron chi connectivity index (χ2n) is 7.00. The minimum Gasteiger partial charge on any atom is -0.0955 e. The number of rotatable bonds is 5. The molecule has 1 aromatic rings. The van der Waals surface area contributed by atoms with Crippen molar-refractivity contribution in [1.29, 1.82) is 0 Å². The molecule has 22 heavy (non-hydrogen) atoms. The molecule has 0 bridgehead atoms. The van der Waals surface area contributed by atoms with Crippen LogP contribution < -0.4 is 0 Å². The molecule has 0 saturated heterocycles. The number of allylic oxidation sites excluding steroid dienone is 5. The lowest BCUT2D eigenvalue weighted by molar-refractivity contribution is 0.755. The smallest absolute Gasteiger partial charge is 0.0150 e. The summed E-state index contributed by atoms with van der Waals surface area (Å²) in [5.41, 5.74) is 10.9. The number of hydrogen-bond acceptors (Lipinski definition) is 0. The maximum absolute atomic E-state index is 4.30. The summed E-state index contributed by atoms with van der Waals surface area (Å²) < 4.78 is 0. The average molecular weight is 296 g/mol. The van der Waals surface area contributed by atoms with Gasteiger partial charge >= 0.3 is 0 Å². The number of aryl methyl sites for hydroxylation is 2. The summed E-state index contributed by atoms with van der Waals surface area (Å²) in [6.07, 6.45) is 3.27. The Kier molecular flexibility index (Phi) is 6.41. The molecule has 0 N–H and O–H groups in total. The van der Waals surface area contributed by atoms with E-state index in [0.29, 0.717) is 5.92 Å². The lowest BCUT2D eigenvalue weighted by Gasteiger charge is -2.17. The molecule has 0 aliphatic rings. The summed E-state index contributed by atoms with van der Waals surface area (Å²) in [6.45, 7) is 21.9. The molecule has 0 radical (unpaired) electrons. The van der Waals surface area contributed by atoms with E-state index in [1.807, 2.05) is 0 Å². The first-order chi connectivity index (χ1) is 10.1. The fraction of sp³-hybridized carbons (Fsp3) is 0.455. The summed E-state index contributed by atoms with van der Waals surface area (Å²) in [5.74, 6) is 0.501. The normalized spacial score (nSPS) is 13.0. The quantitative estimate of drug-likeness (QED) is 0.515. The number of benzene rings is 1. The van der Waals surface area contributed by atoms with Crippen LogP contribution in [0.2, 0.25) is 0 Å². The minimum absolute atomic E-state index is 0.501. The largest absolute Gasteiger partial charge is 0.0955 e. The minimum atomic E-state index is 0.501. The Morgan fingerprint density at radius 3 is 2.00 bits per heavy atom. The van der Waals surface area contributed by atoms with E-state index in [-0.39, 0.29) is 0 Å². The highest BCUT2D eigenvalue weighted by molar-refractivity contribution is 5.40. The van der Waals surface area contributed by atoms with Crippen LogP contribution in [0.3, 0.4) is 0 Å². The lowest BCUT2D eigenvalue weighted by atomic mass is 9.88. The zero-order valence-electron chi connectivity index (χ0n) is 15.7. The molecule has 1 atom stereocenters. The highest BCUT2D eigenvalue weighted by Crippen LogP contribution is 2.29. The van der Waals surface area contributed by atoms with Gasteiger partial charge < -0.3 is 0 Å². The zero-order chi connectivity index (χ0) is 17.0. The highest BCUT2D eigenvalue weighted by Gasteiger charge is 2.11. The van der Waals surface area contributed by atoms with Crippen LogP contribution in [-0.4, -0.2) is 0 Å². The topological polar surface area (TPSA) is 0 Å². The first-order valence-corrected chi connectivity index (χ1v) is 8.21. The molecule has 0 fully saturated rings. The summed E-state index contributed by atoms with van der Waals surface area (Å²) in [6, 6.07) is 4.67. The molecule has 0 heteroatoms. The third-order valence-electron chi connectivity index (χ3n) is 4.85. The molecule has 120 valence electrons. The van der Waals surface area contributed by atoms with Gasteiger partial charge in [0.2, 0.25) is 0 Å². The van der Waals surface area contributed by atoms with Crippen molar-refractivity contribution in [3.63, 3.8) is 0 Å². The molecule has 0 nitrogen and oxygen atoms in total. The molecule has 0 aromatic heterocycles. The standard InChI is InChI=1S/C22H32/c1-14(2)15(3)10-16(4)17(5)11-20(8)22-12-18(6)21(9)19(7)13-22/h10,12-13,20H,5,11H2,1-4,6-9H3/b16-10+. The van der Waals surface area contributed by atoms with E-state index in [4.69, 9.17) is 0 Å². The average Bonchev–Trinajstić information content (AvgIpc) is 2.43. The van der Waals surface area contributed by atoms with Crippen molar-refractivity contribution in [1.82, 2.24) is 0 Å². The van der Waals surface area contributed by atoms with E-state index < -0.39 is 0 Å². The highest BCUT2D eigenvalue weighted by atomic mass is 14.2. The Hall–Kier alpha value is -1.56. The SMILES string of the molecule is C=C(CC(C)c1cc(C)c(C)c(C)c1)/C(C)=C/C(C)=C(C)C. The van der Waals surface area contributed by atoms with Gasteiger partial charge in [0.25, 0.3) is 0 Å². The van der Waals surface area contributed by atoms with Gasteiger partial charge in [-0.15, -0.1) is 0 Å². The van der Waals surface area contributed by atoms with Crippen LogP contribution in [0.5, 0.6) is 0 Å². The van der Waals surface area contributed by atoms with Crippen molar-refractivity contribution in [3.05, 3.63) is 69.3 Å². The third kappa shape index (κ3) is 4.73. The molecule has 1 rings (SSSR count). The summed E-state index contributed by atoms with van der Waals surface area (Å²) >= 11 is 0. The van der Waals surface area contributed by atoms with Crippen molar-refractivity contribution >= 4 is 0 Å². The van der Waals surface area contributed by atoms with Crippen molar-refractivity contribution in [3.8, 4) is 0 Å². The Bertz CT molecular complexity index is 596. The van der Waals surface area contributed by atoms with Crippen molar-refractivity contribution in [2.75, 3.05) is 0 Å². The summed E-state index contributed by atoms with van der Waals surface area (Å²) in [5, 5.41) is 0. The van der Waals surface area contributed by atoms with E-state index in [1.165, 1.54) is 44.5 Å². The third-order valence-corrected chi connectivity index (χ3v) is 4.85. The molecule has 1 unspecified atom stereocenters. The number of hydrogen-bond donors (Lipinski definition) is 0. The second kappa shape index (κ2) is 7.63. The van der Waals surface area contributed by atoms with E-state index in [2.05, 4.69) is 80.2 Å². The van der Waals surface area contributed by atoms with Crippen LogP contribution in [0, 0.1) is 20.8 Å².